The van der Waals surface area contributed by atoms with Gasteiger partial charge >= 0.3 is 6.09 Å². The molecule has 0 aromatic carbocycles. The molecule has 1 saturated carbocycles. The highest BCUT2D eigenvalue weighted by atomic mass is 16.6. The number of amides is 2. The van der Waals surface area contributed by atoms with E-state index in [1.165, 1.54) is 0 Å². The highest BCUT2D eigenvalue weighted by molar-refractivity contribution is 5.68. The molecule has 2 amide bonds. The Morgan fingerprint density at radius 1 is 1.24 bits per heavy atom. The number of nitrogens with one attached hydrogen (secondary N) is 2. The molecule has 5 heteroatoms. The van der Waals surface area contributed by atoms with Crippen molar-refractivity contribution in [2.24, 2.45) is 0 Å². The van der Waals surface area contributed by atoms with E-state index in [4.69, 9.17) is 4.74 Å². The number of rotatable bonds is 3. The molecule has 1 rings (SSSR count). The van der Waals surface area contributed by atoms with Gasteiger partial charge in [-0.1, -0.05) is 12.8 Å². The maximum Gasteiger partial charge on any atom is 0.407 e. The molecule has 1 fully saturated rings. The molecule has 2 N–H and O–H groups in total. The van der Waals surface area contributed by atoms with E-state index >= 15 is 0 Å². The molecule has 2 atom stereocenters. The molecule has 0 radical (unpaired) electrons. The molecule has 0 heterocycles. The van der Waals surface area contributed by atoms with Crippen molar-refractivity contribution in [2.75, 3.05) is 0 Å². The summed E-state index contributed by atoms with van der Waals surface area (Å²) >= 11 is 0. The maximum atomic E-state index is 11.6. The number of ether oxygens (including phenoxy) is 1. The van der Waals surface area contributed by atoms with Crippen molar-refractivity contribution >= 4 is 12.5 Å². The molecule has 1 aliphatic carbocycles. The van der Waals surface area contributed by atoms with Gasteiger partial charge in [0.1, 0.15) is 5.60 Å². The summed E-state index contributed by atoms with van der Waals surface area (Å²) in [6, 6.07) is -0.00225. The van der Waals surface area contributed by atoms with Crippen LogP contribution in [0, 0.1) is 0 Å². The maximum absolute atomic E-state index is 11.6. The Kier molecular flexibility index (Phi) is 4.78. The Balaban J connectivity index is 2.47. The molecule has 0 bridgehead atoms. The number of carbonyl (C=O) groups excluding carboxylic acids is 2. The molecule has 2 unspecified atom stereocenters. The molecule has 0 aromatic heterocycles. The molecule has 0 aromatic rings. The van der Waals surface area contributed by atoms with Gasteiger partial charge in [0.15, 0.2) is 0 Å². The summed E-state index contributed by atoms with van der Waals surface area (Å²) in [5, 5.41) is 5.58. The quantitative estimate of drug-likeness (QED) is 0.738. The van der Waals surface area contributed by atoms with Gasteiger partial charge in [0.25, 0.3) is 0 Å². The second kappa shape index (κ2) is 5.89. The summed E-state index contributed by atoms with van der Waals surface area (Å²) in [6.07, 6.45) is 4.21. The fourth-order valence-corrected chi connectivity index (χ4v) is 2.05. The Hall–Kier alpha value is -1.26. The van der Waals surface area contributed by atoms with Crippen molar-refractivity contribution in [2.45, 2.75) is 64.1 Å². The number of hydrogen-bond donors (Lipinski definition) is 2. The largest absolute Gasteiger partial charge is 0.444 e. The Labute approximate surface area is 102 Å². The van der Waals surface area contributed by atoms with Crippen LogP contribution >= 0.6 is 0 Å². The first kappa shape index (κ1) is 13.8. The van der Waals surface area contributed by atoms with Gasteiger partial charge in [0.05, 0.1) is 6.04 Å². The van der Waals surface area contributed by atoms with Crippen LogP contribution < -0.4 is 10.6 Å². The van der Waals surface area contributed by atoms with Gasteiger partial charge in [-0.05, 0) is 33.6 Å². The predicted octanol–water partition coefficient (Wildman–Crippen LogP) is 1.57. The van der Waals surface area contributed by atoms with E-state index in [1.54, 1.807) is 0 Å². The number of alkyl carbamates (subject to hydrolysis) is 1. The SMILES string of the molecule is CC(C)(C)OC(=O)NC1CCCCC1NC=O. The lowest BCUT2D eigenvalue weighted by Gasteiger charge is -2.32. The van der Waals surface area contributed by atoms with Gasteiger partial charge in [0, 0.05) is 6.04 Å². The lowest BCUT2D eigenvalue weighted by molar-refractivity contribution is -0.110. The van der Waals surface area contributed by atoms with Crippen molar-refractivity contribution < 1.29 is 14.3 Å². The minimum Gasteiger partial charge on any atom is -0.444 e. The lowest BCUT2D eigenvalue weighted by atomic mass is 9.90. The first-order chi connectivity index (χ1) is 7.92. The van der Waals surface area contributed by atoms with Crippen molar-refractivity contribution in [1.82, 2.24) is 10.6 Å². The first-order valence-corrected chi connectivity index (χ1v) is 6.11. The third kappa shape index (κ3) is 5.06. The number of hydrogen-bond acceptors (Lipinski definition) is 3. The minimum atomic E-state index is -0.494. The summed E-state index contributed by atoms with van der Waals surface area (Å²) in [5.74, 6) is 0. The topological polar surface area (TPSA) is 67.4 Å². The predicted molar refractivity (Wildman–Crippen MR) is 64.6 cm³/mol. The van der Waals surface area contributed by atoms with Gasteiger partial charge < -0.3 is 15.4 Å². The zero-order valence-electron chi connectivity index (χ0n) is 10.8. The highest BCUT2D eigenvalue weighted by Gasteiger charge is 2.27. The van der Waals surface area contributed by atoms with Crippen LogP contribution in [0.4, 0.5) is 4.79 Å². The zero-order chi connectivity index (χ0) is 12.9. The summed E-state index contributed by atoms with van der Waals surface area (Å²) < 4.78 is 5.20. The van der Waals surface area contributed by atoms with Crippen molar-refractivity contribution in [3.63, 3.8) is 0 Å². The summed E-state index contributed by atoms with van der Waals surface area (Å²) in [4.78, 5) is 22.1. The molecular weight excluding hydrogens is 220 g/mol. The molecular formula is C12H22N2O3. The van der Waals surface area contributed by atoms with E-state index in [-0.39, 0.29) is 12.1 Å². The van der Waals surface area contributed by atoms with Crippen LogP contribution in [0.25, 0.3) is 0 Å². The minimum absolute atomic E-state index is 0.0220. The molecule has 17 heavy (non-hydrogen) atoms. The van der Waals surface area contributed by atoms with E-state index < -0.39 is 11.7 Å². The molecule has 5 nitrogen and oxygen atoms in total. The first-order valence-electron chi connectivity index (χ1n) is 6.11. The van der Waals surface area contributed by atoms with Crippen molar-refractivity contribution in [3.05, 3.63) is 0 Å². The number of carbonyl (C=O) groups is 2. The third-order valence-corrected chi connectivity index (χ3v) is 2.75. The van der Waals surface area contributed by atoms with Crippen LogP contribution in [0.5, 0.6) is 0 Å². The second-order valence-electron chi connectivity index (χ2n) is 5.43. The fraction of sp³-hybridized carbons (Fsp3) is 0.833. The average molecular weight is 242 g/mol. The monoisotopic (exact) mass is 242 g/mol. The Morgan fingerprint density at radius 2 is 1.82 bits per heavy atom. The normalized spacial score (nSPS) is 24.9. The van der Waals surface area contributed by atoms with Gasteiger partial charge in [0.2, 0.25) is 6.41 Å². The molecule has 0 aliphatic heterocycles. The Bertz CT molecular complexity index is 273. The summed E-state index contributed by atoms with van der Waals surface area (Å²) in [6.45, 7) is 5.48. The molecule has 1 aliphatic rings. The standard InChI is InChI=1S/C12H22N2O3/c1-12(2,3)17-11(16)14-10-7-5-4-6-9(10)13-8-15/h8-10H,4-7H2,1-3H3,(H,13,15)(H,14,16). The van der Waals surface area contributed by atoms with Crippen molar-refractivity contribution in [1.29, 1.82) is 0 Å². The van der Waals surface area contributed by atoms with Gasteiger partial charge in [-0.3, -0.25) is 4.79 Å². The smallest absolute Gasteiger partial charge is 0.407 e. The molecule has 0 saturated heterocycles. The van der Waals surface area contributed by atoms with Crippen molar-refractivity contribution in [3.8, 4) is 0 Å². The van der Waals surface area contributed by atoms with Gasteiger partial charge in [-0.2, -0.15) is 0 Å². The van der Waals surface area contributed by atoms with Gasteiger partial charge in [-0.25, -0.2) is 4.79 Å². The van der Waals surface area contributed by atoms with Crippen LogP contribution in [0.1, 0.15) is 46.5 Å². The lowest BCUT2D eigenvalue weighted by Crippen LogP contribution is -2.52. The molecule has 0 spiro atoms. The average Bonchev–Trinajstić information content (AvgIpc) is 2.18. The molecule has 98 valence electrons. The van der Waals surface area contributed by atoms with E-state index in [2.05, 4.69) is 10.6 Å². The van der Waals surface area contributed by atoms with E-state index in [0.717, 1.165) is 25.7 Å². The van der Waals surface area contributed by atoms with Crippen LogP contribution in [0.2, 0.25) is 0 Å². The Morgan fingerprint density at radius 3 is 2.35 bits per heavy atom. The van der Waals surface area contributed by atoms with Crippen LogP contribution in [0.3, 0.4) is 0 Å². The zero-order valence-corrected chi connectivity index (χ0v) is 10.8. The fourth-order valence-electron chi connectivity index (χ4n) is 2.05. The summed E-state index contributed by atoms with van der Waals surface area (Å²) in [5.41, 5.74) is -0.494. The summed E-state index contributed by atoms with van der Waals surface area (Å²) in [7, 11) is 0. The van der Waals surface area contributed by atoms with Crippen LogP contribution in [0.15, 0.2) is 0 Å². The highest BCUT2D eigenvalue weighted by Crippen LogP contribution is 2.19. The van der Waals surface area contributed by atoms with Crippen LogP contribution in [-0.4, -0.2) is 30.2 Å². The van der Waals surface area contributed by atoms with Crippen LogP contribution in [-0.2, 0) is 9.53 Å². The van der Waals surface area contributed by atoms with Gasteiger partial charge in [-0.15, -0.1) is 0 Å². The third-order valence-electron chi connectivity index (χ3n) is 2.75. The second-order valence-corrected chi connectivity index (χ2v) is 5.43. The van der Waals surface area contributed by atoms with E-state index in [9.17, 15) is 9.59 Å². The van der Waals surface area contributed by atoms with E-state index in [0.29, 0.717) is 6.41 Å². The van der Waals surface area contributed by atoms with E-state index in [1.807, 2.05) is 20.8 Å².